The highest BCUT2D eigenvalue weighted by Crippen LogP contribution is 2.40. The molecule has 3 rings (SSSR count). The second-order valence-electron chi connectivity index (χ2n) is 4.78. The quantitative estimate of drug-likeness (QED) is 0.721. The first-order valence-electron chi connectivity index (χ1n) is 6.60. The van der Waals surface area contributed by atoms with Gasteiger partial charge in [0.1, 0.15) is 0 Å². The Morgan fingerprint density at radius 1 is 1.04 bits per heavy atom. The molecule has 23 heavy (non-hydrogen) atoms. The van der Waals surface area contributed by atoms with Crippen LogP contribution in [-0.2, 0) is 20.4 Å². The lowest BCUT2D eigenvalue weighted by atomic mass is 9.88. The van der Waals surface area contributed by atoms with Crippen molar-refractivity contribution in [3.63, 3.8) is 0 Å². The molecule has 0 aromatic heterocycles. The highest BCUT2D eigenvalue weighted by molar-refractivity contribution is 7.89. The summed E-state index contributed by atoms with van der Waals surface area (Å²) >= 11 is 0. The molecule has 1 aliphatic heterocycles. The fourth-order valence-corrected chi connectivity index (χ4v) is 2.93. The van der Waals surface area contributed by atoms with E-state index < -0.39 is 21.5 Å². The van der Waals surface area contributed by atoms with Crippen LogP contribution in [0, 0.1) is 0 Å². The number of fused-ring (bicyclic) bond motifs is 1. The van der Waals surface area contributed by atoms with Gasteiger partial charge in [-0.25, -0.2) is 13.6 Å². The summed E-state index contributed by atoms with van der Waals surface area (Å²) in [5.74, 6) is -0.577. The number of nitrogens with two attached hydrogens (primary N) is 1. The first kappa shape index (κ1) is 16.9. The van der Waals surface area contributed by atoms with Crippen LogP contribution in [0.1, 0.15) is 11.1 Å². The van der Waals surface area contributed by atoms with E-state index in [0.717, 1.165) is 0 Å². The molecule has 0 radical (unpaired) electrons. The maximum Gasteiger partial charge on any atom is 0.265 e. The molecule has 1 amide bonds. The van der Waals surface area contributed by atoms with Crippen LogP contribution in [0.25, 0.3) is 0 Å². The van der Waals surface area contributed by atoms with Gasteiger partial charge in [0.25, 0.3) is 5.91 Å². The van der Waals surface area contributed by atoms with Gasteiger partial charge < -0.3 is 10.4 Å². The number of amides is 1. The molecule has 0 bridgehead atoms. The summed E-state index contributed by atoms with van der Waals surface area (Å²) in [5.41, 5.74) is -0.607. The number of benzene rings is 2. The maximum atomic E-state index is 12.1. The Labute approximate surface area is 134 Å². The Morgan fingerprint density at radius 2 is 1.61 bits per heavy atom. The van der Waals surface area contributed by atoms with Crippen molar-refractivity contribution in [2.45, 2.75) is 10.5 Å². The number of hydrogen-bond acceptors (Lipinski definition) is 4. The fraction of sp³-hybridized carbons (Fsp3) is 0.0625. The van der Waals surface area contributed by atoms with Crippen LogP contribution in [-0.4, -0.2) is 19.4 Å². The highest BCUT2D eigenvalue weighted by Gasteiger charge is 2.46. The SMILES string of the molecule is C=C.NS(=O)(=O)c1ccc(C2(O)C(=O)Nc3ccccc32)cc1. The molecule has 0 aliphatic carbocycles. The third-order valence-electron chi connectivity index (χ3n) is 3.49. The summed E-state index contributed by atoms with van der Waals surface area (Å²) in [4.78, 5) is 12.0. The summed E-state index contributed by atoms with van der Waals surface area (Å²) in [6.07, 6.45) is 0. The van der Waals surface area contributed by atoms with E-state index in [1.165, 1.54) is 24.3 Å². The number of rotatable bonds is 2. The van der Waals surface area contributed by atoms with Crippen molar-refractivity contribution in [3.05, 3.63) is 72.8 Å². The van der Waals surface area contributed by atoms with Gasteiger partial charge in [0.15, 0.2) is 5.60 Å². The number of nitrogens with one attached hydrogen (secondary N) is 1. The molecule has 0 spiro atoms. The first-order chi connectivity index (χ1) is 10.8. The van der Waals surface area contributed by atoms with Crippen LogP contribution in [0.15, 0.2) is 66.6 Å². The number of sulfonamides is 1. The third-order valence-corrected chi connectivity index (χ3v) is 4.42. The van der Waals surface area contributed by atoms with Gasteiger partial charge in [0.05, 0.1) is 4.90 Å². The normalized spacial score (nSPS) is 19.3. The van der Waals surface area contributed by atoms with Crippen LogP contribution >= 0.6 is 0 Å². The van der Waals surface area contributed by atoms with Gasteiger partial charge in [-0.2, -0.15) is 0 Å². The molecular weight excluding hydrogens is 316 g/mol. The number of anilines is 1. The lowest BCUT2D eigenvalue weighted by molar-refractivity contribution is -0.129. The molecule has 6 nitrogen and oxygen atoms in total. The molecule has 1 unspecified atom stereocenters. The summed E-state index contributed by atoms with van der Waals surface area (Å²) in [5, 5.41) is 18.4. The largest absolute Gasteiger partial charge is 0.372 e. The second-order valence-corrected chi connectivity index (χ2v) is 6.34. The number of aliphatic hydroxyl groups is 1. The summed E-state index contributed by atoms with van der Waals surface area (Å²) in [6.45, 7) is 6.00. The van der Waals surface area contributed by atoms with E-state index in [1.54, 1.807) is 24.3 Å². The van der Waals surface area contributed by atoms with Crippen molar-refractivity contribution in [2.75, 3.05) is 5.32 Å². The molecule has 120 valence electrons. The zero-order valence-corrected chi connectivity index (χ0v) is 13.0. The Balaban J connectivity index is 0.000000924. The van der Waals surface area contributed by atoms with Gasteiger partial charge in [-0.15, -0.1) is 13.2 Å². The summed E-state index contributed by atoms with van der Waals surface area (Å²) in [7, 11) is -3.82. The zero-order valence-electron chi connectivity index (χ0n) is 12.2. The topological polar surface area (TPSA) is 109 Å². The predicted molar refractivity (Wildman–Crippen MR) is 87.1 cm³/mol. The lowest BCUT2D eigenvalue weighted by Gasteiger charge is -2.21. The monoisotopic (exact) mass is 332 g/mol. The molecule has 4 N–H and O–H groups in total. The van der Waals surface area contributed by atoms with Crippen molar-refractivity contribution in [2.24, 2.45) is 5.14 Å². The smallest absolute Gasteiger partial charge is 0.265 e. The Morgan fingerprint density at radius 3 is 2.17 bits per heavy atom. The number of primary sulfonamides is 1. The molecule has 2 aromatic rings. The standard InChI is InChI=1S/C14H12N2O4S.C2H4/c15-21(19,20)10-7-5-9(6-8-10)14(18)11-3-1-2-4-12(11)16-13(14)17;1-2/h1-8,18H,(H,16,17)(H2,15,19,20);1-2H2. The summed E-state index contributed by atoms with van der Waals surface area (Å²) < 4.78 is 22.5. The van der Waals surface area contributed by atoms with Crippen LogP contribution in [0.5, 0.6) is 0 Å². The molecule has 0 fully saturated rings. The van der Waals surface area contributed by atoms with Crippen LogP contribution in [0.2, 0.25) is 0 Å². The second kappa shape index (κ2) is 5.96. The van der Waals surface area contributed by atoms with Crippen molar-refractivity contribution in [1.29, 1.82) is 0 Å². The zero-order chi connectivity index (χ0) is 17.3. The fourth-order valence-electron chi connectivity index (χ4n) is 2.42. The van der Waals surface area contributed by atoms with Gasteiger partial charge >= 0.3 is 0 Å². The van der Waals surface area contributed by atoms with Gasteiger partial charge in [0.2, 0.25) is 10.0 Å². The van der Waals surface area contributed by atoms with Crippen LogP contribution < -0.4 is 10.5 Å². The molecule has 2 aromatic carbocycles. The predicted octanol–water partition coefficient (Wildman–Crippen LogP) is 1.32. The van der Waals surface area contributed by atoms with Crippen LogP contribution in [0.3, 0.4) is 0 Å². The van der Waals surface area contributed by atoms with Gasteiger partial charge in [-0.1, -0.05) is 30.3 Å². The minimum Gasteiger partial charge on any atom is -0.372 e. The third kappa shape index (κ3) is 2.77. The van der Waals surface area contributed by atoms with E-state index in [-0.39, 0.29) is 10.5 Å². The van der Waals surface area contributed by atoms with Gasteiger partial charge in [-0.3, -0.25) is 4.79 Å². The highest BCUT2D eigenvalue weighted by atomic mass is 32.2. The minimum atomic E-state index is -3.82. The molecular formula is C16H16N2O4S. The average molecular weight is 332 g/mol. The Bertz CT molecular complexity index is 847. The maximum absolute atomic E-state index is 12.1. The minimum absolute atomic E-state index is 0.0819. The number of carbonyl (C=O) groups excluding carboxylic acids is 1. The molecule has 0 saturated carbocycles. The van der Waals surface area contributed by atoms with Crippen molar-refractivity contribution < 1.29 is 18.3 Å². The van der Waals surface area contributed by atoms with E-state index in [0.29, 0.717) is 11.3 Å². The van der Waals surface area contributed by atoms with Crippen molar-refractivity contribution >= 4 is 21.6 Å². The van der Waals surface area contributed by atoms with Crippen LogP contribution in [0.4, 0.5) is 5.69 Å². The van der Waals surface area contributed by atoms with E-state index in [4.69, 9.17) is 5.14 Å². The van der Waals surface area contributed by atoms with Crippen molar-refractivity contribution in [3.8, 4) is 0 Å². The molecule has 1 atom stereocenters. The molecule has 1 heterocycles. The number of para-hydroxylation sites is 1. The molecule has 7 heteroatoms. The number of carbonyl (C=O) groups is 1. The van der Waals surface area contributed by atoms with E-state index >= 15 is 0 Å². The van der Waals surface area contributed by atoms with E-state index in [9.17, 15) is 18.3 Å². The van der Waals surface area contributed by atoms with E-state index in [2.05, 4.69) is 18.5 Å². The van der Waals surface area contributed by atoms with E-state index in [1.807, 2.05) is 0 Å². The van der Waals surface area contributed by atoms with Gasteiger partial charge in [0, 0.05) is 11.3 Å². The average Bonchev–Trinajstić information content (AvgIpc) is 2.81. The molecule has 0 saturated heterocycles. The molecule has 1 aliphatic rings. The summed E-state index contributed by atoms with van der Waals surface area (Å²) in [6, 6.07) is 12.1. The first-order valence-corrected chi connectivity index (χ1v) is 8.15. The number of hydrogen-bond donors (Lipinski definition) is 3. The Kier molecular flexibility index (Phi) is 4.37. The Hall–Kier alpha value is -2.48. The van der Waals surface area contributed by atoms with Gasteiger partial charge in [-0.05, 0) is 23.8 Å². The van der Waals surface area contributed by atoms with Crippen molar-refractivity contribution in [1.82, 2.24) is 0 Å². The lowest BCUT2D eigenvalue weighted by Crippen LogP contribution is -2.35.